The topological polar surface area (TPSA) is 149 Å². The number of aliphatic carboxylic acids is 1. The molecule has 0 aromatic heterocycles. The summed E-state index contributed by atoms with van der Waals surface area (Å²) in [4.78, 5) is 21.6. The first-order valence-electron chi connectivity index (χ1n) is 11.9. The lowest BCUT2D eigenvalue weighted by atomic mass is 10.6. The van der Waals surface area contributed by atoms with E-state index in [0.29, 0.717) is 106 Å². The maximum absolute atomic E-state index is 11.3. The molecule has 0 fully saturated rings. The predicted molar refractivity (Wildman–Crippen MR) is 137 cm³/mol. The Kier molecular flexibility index (Phi) is 29.9. The average molecular weight is 639 g/mol. The Hall–Kier alpha value is -0.690. The van der Waals surface area contributed by atoms with Gasteiger partial charge in [-0.3, -0.25) is 4.79 Å². The molecule has 2 N–H and O–H groups in total. The van der Waals surface area contributed by atoms with Crippen LogP contribution in [-0.4, -0.2) is 147 Å². The van der Waals surface area contributed by atoms with Crippen LogP contribution >= 0.6 is 22.6 Å². The molecule has 0 saturated heterocycles. The second-order valence-corrected chi connectivity index (χ2v) is 7.90. The first-order valence-corrected chi connectivity index (χ1v) is 13.4. The molecule has 0 radical (unpaired) electrons. The summed E-state index contributed by atoms with van der Waals surface area (Å²) in [6, 6.07) is 0. The number of carboxylic acids is 1. The summed E-state index contributed by atoms with van der Waals surface area (Å²) in [5, 5.41) is 10.9. The second kappa shape index (κ2) is 30.5. The molecule has 0 spiro atoms. The third-order valence-corrected chi connectivity index (χ3v) is 4.29. The van der Waals surface area contributed by atoms with Gasteiger partial charge >= 0.3 is 5.97 Å². The van der Waals surface area contributed by atoms with Crippen molar-refractivity contribution >= 4 is 34.5 Å². The lowest BCUT2D eigenvalue weighted by Crippen LogP contribution is -2.31. The number of alkyl halides is 1. The smallest absolute Gasteiger partial charge is 0.329 e. The standard InChI is InChI=1S/C22H42INO12/c23-1-3-28-5-7-30-9-11-32-13-15-34-17-18-35-16-14-33-12-10-31-8-6-29-4-2-24-21(25)19-36-20-22(26)27/h1-20H2,(H,24,25)(H,26,27). The molecule has 0 atom stereocenters. The van der Waals surface area contributed by atoms with Gasteiger partial charge in [0.15, 0.2) is 0 Å². The van der Waals surface area contributed by atoms with Crippen molar-refractivity contribution in [2.45, 2.75) is 0 Å². The van der Waals surface area contributed by atoms with E-state index in [0.717, 1.165) is 11.0 Å². The van der Waals surface area contributed by atoms with Gasteiger partial charge < -0.3 is 53.1 Å². The third-order valence-electron chi connectivity index (χ3n) is 3.85. The fraction of sp³-hybridized carbons (Fsp3) is 0.909. The molecule has 0 bridgehead atoms. The molecule has 0 aliphatic heterocycles. The Balaban J connectivity index is 3.09. The number of halogens is 1. The molecule has 0 heterocycles. The number of rotatable bonds is 30. The SMILES string of the molecule is O=C(O)COCC(=O)NCCOCCOCCOCCOCCOCCOCCOCCOCCI. The number of amides is 1. The van der Waals surface area contributed by atoms with Crippen LogP contribution in [0.25, 0.3) is 0 Å². The van der Waals surface area contributed by atoms with Gasteiger partial charge in [-0.05, 0) is 0 Å². The zero-order chi connectivity index (χ0) is 26.4. The lowest BCUT2D eigenvalue weighted by molar-refractivity contribution is -0.143. The monoisotopic (exact) mass is 639 g/mol. The van der Waals surface area contributed by atoms with Crippen LogP contribution in [-0.2, 0) is 52.2 Å². The third kappa shape index (κ3) is 31.3. The molecular weight excluding hydrogens is 597 g/mol. The summed E-state index contributed by atoms with van der Waals surface area (Å²) in [6.07, 6.45) is 0. The van der Waals surface area contributed by atoms with Gasteiger partial charge in [0, 0.05) is 11.0 Å². The van der Waals surface area contributed by atoms with E-state index in [1.165, 1.54) is 0 Å². The zero-order valence-corrected chi connectivity index (χ0v) is 23.1. The van der Waals surface area contributed by atoms with E-state index in [2.05, 4.69) is 32.6 Å². The van der Waals surface area contributed by atoms with E-state index in [4.69, 9.17) is 43.0 Å². The fourth-order valence-electron chi connectivity index (χ4n) is 2.24. The van der Waals surface area contributed by atoms with Gasteiger partial charge in [-0.15, -0.1) is 0 Å². The number of carbonyl (C=O) groups excluding carboxylic acids is 1. The molecule has 0 aliphatic rings. The first-order chi connectivity index (χ1) is 17.7. The highest BCUT2D eigenvalue weighted by molar-refractivity contribution is 14.1. The highest BCUT2D eigenvalue weighted by atomic mass is 127. The molecule has 0 unspecified atom stereocenters. The number of carbonyl (C=O) groups is 2. The van der Waals surface area contributed by atoms with Crippen LogP contribution < -0.4 is 5.32 Å². The van der Waals surface area contributed by atoms with Crippen LogP contribution in [0.15, 0.2) is 0 Å². The van der Waals surface area contributed by atoms with Crippen molar-refractivity contribution in [1.29, 1.82) is 0 Å². The van der Waals surface area contributed by atoms with Crippen molar-refractivity contribution in [3.05, 3.63) is 0 Å². The van der Waals surface area contributed by atoms with E-state index >= 15 is 0 Å². The maximum Gasteiger partial charge on any atom is 0.329 e. The fourth-order valence-corrected chi connectivity index (χ4v) is 2.55. The summed E-state index contributed by atoms with van der Waals surface area (Å²) in [7, 11) is 0. The van der Waals surface area contributed by atoms with Crippen molar-refractivity contribution in [2.24, 2.45) is 0 Å². The molecule has 1 amide bonds. The molecule has 0 aliphatic carbocycles. The number of carboxylic acid groups (broad SMARTS) is 1. The second-order valence-electron chi connectivity index (χ2n) is 6.82. The summed E-state index contributed by atoms with van der Waals surface area (Å²) in [6.45, 7) is 7.56. The quantitative estimate of drug-likeness (QED) is 0.0608. The van der Waals surface area contributed by atoms with Crippen LogP contribution in [0.5, 0.6) is 0 Å². The van der Waals surface area contributed by atoms with Crippen LogP contribution in [0.4, 0.5) is 0 Å². The summed E-state index contributed by atoms with van der Waals surface area (Å²) in [5.41, 5.74) is 0. The molecule has 0 saturated carbocycles. The van der Waals surface area contributed by atoms with E-state index in [1.807, 2.05) is 0 Å². The van der Waals surface area contributed by atoms with Crippen molar-refractivity contribution in [2.75, 3.05) is 130 Å². The zero-order valence-electron chi connectivity index (χ0n) is 21.0. The van der Waals surface area contributed by atoms with Gasteiger partial charge in [-0.1, -0.05) is 22.6 Å². The molecule has 0 aromatic carbocycles. The summed E-state index contributed by atoms with van der Waals surface area (Å²) in [5.74, 6) is -1.51. The Morgan fingerprint density at radius 2 is 0.833 bits per heavy atom. The molecule has 13 nitrogen and oxygen atoms in total. The van der Waals surface area contributed by atoms with Crippen LogP contribution in [0.3, 0.4) is 0 Å². The summed E-state index contributed by atoms with van der Waals surface area (Å²) >= 11 is 2.27. The van der Waals surface area contributed by atoms with Crippen LogP contribution in [0.1, 0.15) is 0 Å². The Bertz CT molecular complexity index is 490. The molecule has 36 heavy (non-hydrogen) atoms. The average Bonchev–Trinajstić information content (AvgIpc) is 2.86. The minimum Gasteiger partial charge on any atom is -0.480 e. The number of hydrogen-bond acceptors (Lipinski definition) is 11. The Labute approximate surface area is 226 Å². The van der Waals surface area contributed by atoms with Gasteiger partial charge in [0.1, 0.15) is 13.2 Å². The van der Waals surface area contributed by atoms with Crippen LogP contribution in [0, 0.1) is 0 Å². The van der Waals surface area contributed by atoms with Crippen molar-refractivity contribution in [1.82, 2.24) is 5.32 Å². The Morgan fingerprint density at radius 1 is 0.500 bits per heavy atom. The number of ether oxygens (including phenoxy) is 9. The van der Waals surface area contributed by atoms with Gasteiger partial charge in [0.2, 0.25) is 5.91 Å². The van der Waals surface area contributed by atoms with Gasteiger partial charge in [0.25, 0.3) is 0 Å². The number of nitrogens with one attached hydrogen (secondary N) is 1. The minimum atomic E-state index is -1.12. The van der Waals surface area contributed by atoms with E-state index in [9.17, 15) is 9.59 Å². The summed E-state index contributed by atoms with van der Waals surface area (Å²) < 4.78 is 48.6. The first kappa shape index (κ1) is 35.3. The highest BCUT2D eigenvalue weighted by Gasteiger charge is 2.03. The van der Waals surface area contributed by atoms with Crippen molar-refractivity contribution in [3.63, 3.8) is 0 Å². The van der Waals surface area contributed by atoms with E-state index in [1.54, 1.807) is 0 Å². The molecular formula is C22H42INO12. The molecule has 214 valence electrons. The number of hydrogen-bond donors (Lipinski definition) is 2. The van der Waals surface area contributed by atoms with E-state index in [-0.39, 0.29) is 6.61 Å². The lowest BCUT2D eigenvalue weighted by Gasteiger charge is -2.09. The molecule has 0 rings (SSSR count). The van der Waals surface area contributed by atoms with Crippen molar-refractivity contribution < 1.29 is 57.3 Å². The molecule has 14 heteroatoms. The van der Waals surface area contributed by atoms with Gasteiger partial charge in [-0.25, -0.2) is 4.79 Å². The minimum absolute atomic E-state index is 0.295. The predicted octanol–water partition coefficient (Wildman–Crippen LogP) is -0.228. The highest BCUT2D eigenvalue weighted by Crippen LogP contribution is 1.87. The maximum atomic E-state index is 11.3. The van der Waals surface area contributed by atoms with Gasteiger partial charge in [0.05, 0.1) is 106 Å². The molecule has 0 aromatic rings. The van der Waals surface area contributed by atoms with E-state index < -0.39 is 18.5 Å². The van der Waals surface area contributed by atoms with Crippen LogP contribution in [0.2, 0.25) is 0 Å². The van der Waals surface area contributed by atoms with Gasteiger partial charge in [-0.2, -0.15) is 0 Å². The normalized spacial score (nSPS) is 11.1. The largest absolute Gasteiger partial charge is 0.480 e. The van der Waals surface area contributed by atoms with Crippen molar-refractivity contribution in [3.8, 4) is 0 Å². The Morgan fingerprint density at radius 3 is 1.17 bits per heavy atom.